The van der Waals surface area contributed by atoms with E-state index >= 15 is 0 Å². The summed E-state index contributed by atoms with van der Waals surface area (Å²) in [6.07, 6.45) is 0. The Kier molecular flexibility index (Phi) is 9.70. The van der Waals surface area contributed by atoms with Gasteiger partial charge >= 0.3 is 0 Å². The molecular weight excluding hydrogens is 556 g/mol. The number of hydrogen-bond acceptors (Lipinski definition) is 5. The third-order valence-corrected chi connectivity index (χ3v) is 11.6. The first-order valence-corrected chi connectivity index (χ1v) is 16.7. The van der Waals surface area contributed by atoms with E-state index in [2.05, 4.69) is 64.6 Å². The first kappa shape index (κ1) is 33.0. The van der Waals surface area contributed by atoms with Gasteiger partial charge in [-0.3, -0.25) is 4.90 Å². The van der Waals surface area contributed by atoms with Crippen LogP contribution >= 0.6 is 0 Å². The van der Waals surface area contributed by atoms with Crippen LogP contribution in [0.15, 0.2) is 35.2 Å². The lowest BCUT2D eigenvalue weighted by molar-refractivity contribution is 0.181. The SMILES string of the molecule is COc1cc(CN2CCN(S(=O)(=O)c3c(C)c(C)c(C)c(C)c3C)CC2)ccc1OCc1c(C)cc(C(C)(C)C)cc1C. The number of aryl methyl sites for hydroxylation is 2. The lowest BCUT2D eigenvalue weighted by Crippen LogP contribution is -2.48. The molecule has 4 rings (SSSR count). The van der Waals surface area contributed by atoms with Crippen LogP contribution in [0.1, 0.15) is 76.4 Å². The highest BCUT2D eigenvalue weighted by molar-refractivity contribution is 7.89. The highest BCUT2D eigenvalue weighted by Crippen LogP contribution is 2.34. The molecule has 7 heteroatoms. The summed E-state index contributed by atoms with van der Waals surface area (Å²) < 4.78 is 41.2. The second kappa shape index (κ2) is 12.6. The van der Waals surface area contributed by atoms with Crippen LogP contribution in [-0.2, 0) is 28.6 Å². The Hall–Kier alpha value is -2.87. The number of nitrogens with zero attached hydrogens (tertiary/aromatic N) is 2. The molecule has 234 valence electrons. The Balaban J connectivity index is 1.42. The fourth-order valence-corrected chi connectivity index (χ4v) is 8.08. The normalized spacial score (nSPS) is 15.1. The smallest absolute Gasteiger partial charge is 0.243 e. The van der Waals surface area contributed by atoms with E-state index in [0.717, 1.165) is 40.1 Å². The average molecular weight is 607 g/mol. The zero-order valence-electron chi connectivity index (χ0n) is 28.1. The molecule has 6 nitrogen and oxygen atoms in total. The van der Waals surface area contributed by atoms with Crippen molar-refractivity contribution in [3.05, 3.63) is 86.0 Å². The molecule has 3 aromatic rings. The van der Waals surface area contributed by atoms with E-state index in [1.54, 1.807) is 11.4 Å². The van der Waals surface area contributed by atoms with Gasteiger partial charge in [-0.2, -0.15) is 4.31 Å². The summed E-state index contributed by atoms with van der Waals surface area (Å²) in [5.74, 6) is 1.42. The molecule has 0 saturated carbocycles. The fraction of sp³-hybridized carbons (Fsp3) is 0.500. The van der Waals surface area contributed by atoms with Gasteiger partial charge in [0.2, 0.25) is 10.0 Å². The molecule has 1 fully saturated rings. The Labute approximate surface area is 260 Å². The molecule has 3 aromatic carbocycles. The number of piperazine rings is 1. The van der Waals surface area contributed by atoms with Gasteiger partial charge in [-0.1, -0.05) is 39.0 Å². The maximum Gasteiger partial charge on any atom is 0.243 e. The topological polar surface area (TPSA) is 59.1 Å². The Morgan fingerprint density at radius 3 is 1.79 bits per heavy atom. The lowest BCUT2D eigenvalue weighted by Gasteiger charge is -2.35. The fourth-order valence-electron chi connectivity index (χ4n) is 6.10. The zero-order chi connectivity index (χ0) is 31.9. The molecular formula is C36H50N2O4S. The summed E-state index contributed by atoms with van der Waals surface area (Å²) in [5.41, 5.74) is 11.2. The highest BCUT2D eigenvalue weighted by Gasteiger charge is 2.32. The second-order valence-corrected chi connectivity index (χ2v) is 15.1. The standard InChI is InChI=1S/C36H50N2O4S/c1-23-18-31(36(8,9)10)19-24(2)32(23)22-42-33-13-12-30(20-34(33)41-11)21-37-14-16-38(17-15-37)43(39,40)35-28(6)26(4)25(3)27(5)29(35)7/h12-13,18-20H,14-17,21-22H2,1-11H3. The first-order chi connectivity index (χ1) is 20.1. The zero-order valence-corrected chi connectivity index (χ0v) is 28.9. The molecule has 0 unspecified atom stereocenters. The Bertz CT molecular complexity index is 1560. The molecule has 0 amide bonds. The number of methoxy groups -OCH3 is 1. The van der Waals surface area contributed by atoms with Crippen molar-refractivity contribution in [1.82, 2.24) is 9.21 Å². The van der Waals surface area contributed by atoms with Gasteiger partial charge in [0.05, 0.1) is 12.0 Å². The predicted molar refractivity (Wildman–Crippen MR) is 176 cm³/mol. The van der Waals surface area contributed by atoms with E-state index < -0.39 is 10.0 Å². The first-order valence-electron chi connectivity index (χ1n) is 15.3. The molecule has 1 saturated heterocycles. The van der Waals surface area contributed by atoms with Crippen LogP contribution in [0.5, 0.6) is 11.5 Å². The van der Waals surface area contributed by atoms with Gasteiger partial charge in [0.15, 0.2) is 11.5 Å². The summed E-state index contributed by atoms with van der Waals surface area (Å²) in [5, 5.41) is 0. The minimum atomic E-state index is -3.57. The second-order valence-electron chi connectivity index (χ2n) is 13.2. The third kappa shape index (κ3) is 6.79. The van der Waals surface area contributed by atoms with Crippen molar-refractivity contribution in [3.8, 4) is 11.5 Å². The summed E-state index contributed by atoms with van der Waals surface area (Å²) in [6, 6.07) is 10.6. The van der Waals surface area contributed by atoms with Gasteiger partial charge < -0.3 is 9.47 Å². The van der Waals surface area contributed by atoms with E-state index in [4.69, 9.17) is 9.47 Å². The molecule has 0 aromatic heterocycles. The van der Waals surface area contributed by atoms with Crippen molar-refractivity contribution in [1.29, 1.82) is 0 Å². The summed E-state index contributed by atoms with van der Waals surface area (Å²) >= 11 is 0. The van der Waals surface area contributed by atoms with Gasteiger partial charge in [-0.05, 0) is 122 Å². The molecule has 1 aliphatic heterocycles. The van der Waals surface area contributed by atoms with Crippen LogP contribution in [0.3, 0.4) is 0 Å². The summed E-state index contributed by atoms with van der Waals surface area (Å²) in [4.78, 5) is 2.79. The van der Waals surface area contributed by atoms with Gasteiger partial charge in [0.1, 0.15) is 6.61 Å². The highest BCUT2D eigenvalue weighted by atomic mass is 32.2. The van der Waals surface area contributed by atoms with Gasteiger partial charge in [-0.15, -0.1) is 0 Å². The van der Waals surface area contributed by atoms with Crippen molar-refractivity contribution < 1.29 is 17.9 Å². The number of sulfonamides is 1. The lowest BCUT2D eigenvalue weighted by atomic mass is 9.84. The predicted octanol–water partition coefficient (Wildman–Crippen LogP) is 7.24. The van der Waals surface area contributed by atoms with Crippen molar-refractivity contribution in [3.63, 3.8) is 0 Å². The maximum absolute atomic E-state index is 13.8. The quantitative estimate of drug-likeness (QED) is 0.271. The minimum Gasteiger partial charge on any atom is -0.493 e. The van der Waals surface area contributed by atoms with Gasteiger partial charge in [0.25, 0.3) is 0 Å². The number of hydrogen-bond donors (Lipinski definition) is 0. The molecule has 0 bridgehead atoms. The van der Waals surface area contributed by atoms with Crippen LogP contribution < -0.4 is 9.47 Å². The molecule has 1 heterocycles. The average Bonchev–Trinajstić information content (AvgIpc) is 2.94. The molecule has 1 aliphatic rings. The van der Waals surface area contributed by atoms with E-state index in [1.165, 1.54) is 27.8 Å². The van der Waals surface area contributed by atoms with Crippen molar-refractivity contribution >= 4 is 10.0 Å². The van der Waals surface area contributed by atoms with Crippen LogP contribution in [0.25, 0.3) is 0 Å². The monoisotopic (exact) mass is 606 g/mol. The molecule has 0 spiro atoms. The largest absolute Gasteiger partial charge is 0.493 e. The Morgan fingerprint density at radius 2 is 1.28 bits per heavy atom. The van der Waals surface area contributed by atoms with E-state index in [1.807, 2.05) is 39.8 Å². The van der Waals surface area contributed by atoms with Crippen molar-refractivity contribution in [2.45, 2.75) is 92.7 Å². The molecule has 0 aliphatic carbocycles. The molecule has 0 N–H and O–H groups in total. The van der Waals surface area contributed by atoms with E-state index in [9.17, 15) is 8.42 Å². The van der Waals surface area contributed by atoms with Crippen LogP contribution in [0.2, 0.25) is 0 Å². The van der Waals surface area contributed by atoms with E-state index in [0.29, 0.717) is 43.4 Å². The molecule has 43 heavy (non-hydrogen) atoms. The van der Waals surface area contributed by atoms with E-state index in [-0.39, 0.29) is 5.41 Å². The molecule has 0 radical (unpaired) electrons. The number of benzene rings is 3. The van der Waals surface area contributed by atoms with Gasteiger partial charge in [-0.25, -0.2) is 8.42 Å². The van der Waals surface area contributed by atoms with Gasteiger partial charge in [0, 0.05) is 32.7 Å². The number of rotatable bonds is 8. The van der Waals surface area contributed by atoms with Crippen molar-refractivity contribution in [2.75, 3.05) is 33.3 Å². The maximum atomic E-state index is 13.8. The summed E-state index contributed by atoms with van der Waals surface area (Å²) in [6.45, 7) is 24.5. The Morgan fingerprint density at radius 1 is 0.744 bits per heavy atom. The van der Waals surface area contributed by atoms with Crippen molar-refractivity contribution in [2.24, 2.45) is 0 Å². The van der Waals surface area contributed by atoms with Crippen LogP contribution in [0.4, 0.5) is 0 Å². The number of ether oxygens (including phenoxy) is 2. The van der Waals surface area contributed by atoms with Crippen LogP contribution in [-0.4, -0.2) is 50.9 Å². The third-order valence-electron chi connectivity index (χ3n) is 9.43. The summed E-state index contributed by atoms with van der Waals surface area (Å²) in [7, 11) is -1.90. The minimum absolute atomic E-state index is 0.103. The van der Waals surface area contributed by atoms with Crippen LogP contribution in [0, 0.1) is 48.5 Å². The molecule has 0 atom stereocenters.